The molecule has 4 unspecified atom stereocenters. The Hall–Kier alpha value is -0.590. The molecule has 4 atom stereocenters. The van der Waals surface area contributed by atoms with Gasteiger partial charge in [0.05, 0.1) is 4.90 Å². The second-order valence-electron chi connectivity index (χ2n) is 6.77. The van der Waals surface area contributed by atoms with E-state index in [4.69, 9.17) is 5.73 Å². The molecule has 0 aliphatic heterocycles. The van der Waals surface area contributed by atoms with Crippen molar-refractivity contribution >= 4 is 31.6 Å². The van der Waals surface area contributed by atoms with Crippen LogP contribution in [0.4, 0.5) is 5.69 Å². The number of nitrogens with one attached hydrogen (secondary N) is 1. The zero-order valence-electron chi connectivity index (χ0n) is 11.8. The Balaban J connectivity index is 1.59. The third-order valence-electron chi connectivity index (χ3n) is 5.61. The van der Waals surface area contributed by atoms with E-state index in [1.807, 2.05) is 0 Å². The van der Waals surface area contributed by atoms with E-state index >= 15 is 0 Å². The maximum Gasteiger partial charge on any atom is 0.241 e. The van der Waals surface area contributed by atoms with Gasteiger partial charge in [0.15, 0.2) is 0 Å². The van der Waals surface area contributed by atoms with Gasteiger partial charge in [0.25, 0.3) is 0 Å². The summed E-state index contributed by atoms with van der Waals surface area (Å²) < 4.78 is 29.0. The van der Waals surface area contributed by atoms with Crippen molar-refractivity contribution in [2.24, 2.45) is 23.7 Å². The van der Waals surface area contributed by atoms with E-state index in [0.717, 1.165) is 21.9 Å². The first-order chi connectivity index (χ1) is 9.88. The molecular weight excluding hydrogens is 352 g/mol. The molecule has 3 aliphatic rings. The third-order valence-corrected chi connectivity index (χ3v) is 7.90. The Morgan fingerprint density at radius 1 is 1.24 bits per heavy atom. The molecule has 114 valence electrons. The minimum atomic E-state index is -3.48. The van der Waals surface area contributed by atoms with Gasteiger partial charge in [-0.05, 0) is 83.5 Å². The summed E-state index contributed by atoms with van der Waals surface area (Å²) in [5.41, 5.74) is 7.01. The van der Waals surface area contributed by atoms with Crippen LogP contribution in [0.25, 0.3) is 0 Å². The fraction of sp³-hybridized carbons (Fsp3) is 0.600. The quantitative estimate of drug-likeness (QED) is 0.803. The molecule has 3 saturated carbocycles. The number of benzene rings is 1. The summed E-state index contributed by atoms with van der Waals surface area (Å²) in [6.45, 7) is 1.80. The molecule has 3 aliphatic carbocycles. The van der Waals surface area contributed by atoms with Gasteiger partial charge >= 0.3 is 0 Å². The molecule has 0 spiro atoms. The van der Waals surface area contributed by atoms with Crippen LogP contribution in [0, 0.1) is 30.6 Å². The Bertz CT molecular complexity index is 703. The van der Waals surface area contributed by atoms with Crippen LogP contribution in [-0.2, 0) is 10.0 Å². The van der Waals surface area contributed by atoms with Crippen molar-refractivity contribution in [3.63, 3.8) is 0 Å². The van der Waals surface area contributed by atoms with Gasteiger partial charge in [-0.2, -0.15) is 0 Å². The predicted molar refractivity (Wildman–Crippen MR) is 85.2 cm³/mol. The standard InChI is InChI=1S/C15H19BrN2O2S/c1-7-4-10(16)11(17)6-12(7)21(19,20)18-15-13-8-2-3-9(5-8)14(13)15/h4,6,8-9,13-15,18H,2-3,5,17H2,1H3. The van der Waals surface area contributed by atoms with Crippen molar-refractivity contribution in [1.29, 1.82) is 0 Å². The topological polar surface area (TPSA) is 72.2 Å². The molecule has 21 heavy (non-hydrogen) atoms. The first kappa shape index (κ1) is 14.0. The summed E-state index contributed by atoms with van der Waals surface area (Å²) in [6.07, 6.45) is 3.89. The normalized spacial score (nSPS) is 36.8. The minimum absolute atomic E-state index is 0.158. The monoisotopic (exact) mass is 370 g/mol. The number of nitrogen functional groups attached to an aromatic ring is 1. The number of rotatable bonds is 3. The van der Waals surface area contributed by atoms with Gasteiger partial charge in [-0.25, -0.2) is 13.1 Å². The maximum atomic E-state index is 12.6. The molecule has 0 saturated heterocycles. The number of hydrogen-bond acceptors (Lipinski definition) is 3. The van der Waals surface area contributed by atoms with E-state index in [2.05, 4.69) is 20.7 Å². The number of halogens is 1. The van der Waals surface area contributed by atoms with Crippen LogP contribution in [0.3, 0.4) is 0 Å². The largest absolute Gasteiger partial charge is 0.398 e. The molecule has 3 N–H and O–H groups in total. The maximum absolute atomic E-state index is 12.6. The summed E-state index contributed by atoms with van der Waals surface area (Å²) >= 11 is 3.33. The lowest BCUT2D eigenvalue weighted by atomic mass is 10.0. The fourth-order valence-electron chi connectivity index (χ4n) is 4.68. The van der Waals surface area contributed by atoms with Gasteiger partial charge in [0, 0.05) is 16.2 Å². The molecule has 0 radical (unpaired) electrons. The van der Waals surface area contributed by atoms with Crippen molar-refractivity contribution in [1.82, 2.24) is 4.72 Å². The lowest BCUT2D eigenvalue weighted by molar-refractivity contribution is 0.456. The van der Waals surface area contributed by atoms with Crippen molar-refractivity contribution in [3.8, 4) is 0 Å². The SMILES string of the molecule is Cc1cc(Br)c(N)cc1S(=O)(=O)NC1C2C3CCC(C3)C12. The highest BCUT2D eigenvalue weighted by Gasteiger charge is 2.65. The predicted octanol–water partition coefficient (Wildman–Crippen LogP) is 2.66. The van der Waals surface area contributed by atoms with Crippen LogP contribution < -0.4 is 10.5 Å². The number of hydrogen-bond donors (Lipinski definition) is 2. The van der Waals surface area contributed by atoms with Gasteiger partial charge < -0.3 is 5.73 Å². The van der Waals surface area contributed by atoms with Gasteiger partial charge in [-0.15, -0.1) is 0 Å². The van der Waals surface area contributed by atoms with Crippen LogP contribution in [0.2, 0.25) is 0 Å². The molecular formula is C15H19BrN2O2S. The molecule has 0 amide bonds. The number of aryl methyl sites for hydroxylation is 1. The van der Waals surface area contributed by atoms with E-state index < -0.39 is 10.0 Å². The fourth-order valence-corrected chi connectivity index (χ4v) is 6.71. The second kappa shape index (κ2) is 4.46. The molecule has 4 nitrogen and oxygen atoms in total. The van der Waals surface area contributed by atoms with Crippen LogP contribution in [-0.4, -0.2) is 14.5 Å². The minimum Gasteiger partial charge on any atom is -0.398 e. The molecule has 1 aromatic carbocycles. The number of anilines is 1. The first-order valence-corrected chi connectivity index (χ1v) is 9.74. The Kier molecular flexibility index (Phi) is 2.98. The number of fused-ring (bicyclic) bond motifs is 5. The van der Waals surface area contributed by atoms with Crippen molar-refractivity contribution in [2.75, 3.05) is 5.73 Å². The van der Waals surface area contributed by atoms with Gasteiger partial charge in [0.1, 0.15) is 0 Å². The first-order valence-electron chi connectivity index (χ1n) is 7.46. The lowest BCUT2D eigenvalue weighted by Crippen LogP contribution is -2.30. The Morgan fingerprint density at radius 2 is 1.86 bits per heavy atom. The van der Waals surface area contributed by atoms with Gasteiger partial charge in [-0.3, -0.25) is 0 Å². The van der Waals surface area contributed by atoms with Gasteiger partial charge in [0.2, 0.25) is 10.0 Å². The van der Waals surface area contributed by atoms with E-state index in [1.165, 1.54) is 19.3 Å². The van der Waals surface area contributed by atoms with Crippen LogP contribution in [0.5, 0.6) is 0 Å². The molecule has 1 aromatic rings. The summed E-state index contributed by atoms with van der Waals surface area (Å²) in [6, 6.07) is 3.47. The zero-order valence-corrected chi connectivity index (χ0v) is 14.2. The number of sulfonamides is 1. The molecule has 6 heteroatoms. The Morgan fingerprint density at radius 3 is 2.48 bits per heavy atom. The highest BCUT2D eigenvalue weighted by Crippen LogP contribution is 2.65. The molecule has 0 aromatic heterocycles. The van der Waals surface area contributed by atoms with E-state index in [0.29, 0.717) is 22.4 Å². The molecule has 4 rings (SSSR count). The zero-order chi connectivity index (χ0) is 14.9. The lowest BCUT2D eigenvalue weighted by Gasteiger charge is -2.14. The van der Waals surface area contributed by atoms with Crippen LogP contribution >= 0.6 is 15.9 Å². The second-order valence-corrected chi connectivity index (χ2v) is 9.31. The summed E-state index contributed by atoms with van der Waals surface area (Å²) in [5.74, 6) is 2.69. The average molecular weight is 371 g/mol. The van der Waals surface area contributed by atoms with Crippen molar-refractivity contribution < 1.29 is 8.42 Å². The summed E-state index contributed by atoms with van der Waals surface area (Å²) in [4.78, 5) is 0.306. The summed E-state index contributed by atoms with van der Waals surface area (Å²) in [5, 5.41) is 0. The van der Waals surface area contributed by atoms with Crippen LogP contribution in [0.1, 0.15) is 24.8 Å². The van der Waals surface area contributed by atoms with E-state index in [-0.39, 0.29) is 6.04 Å². The molecule has 0 heterocycles. The summed E-state index contributed by atoms with van der Waals surface area (Å²) in [7, 11) is -3.48. The molecule has 2 bridgehead atoms. The highest BCUT2D eigenvalue weighted by molar-refractivity contribution is 9.10. The van der Waals surface area contributed by atoms with E-state index in [9.17, 15) is 8.42 Å². The molecule has 3 fully saturated rings. The average Bonchev–Trinajstić information content (AvgIpc) is 2.82. The van der Waals surface area contributed by atoms with Crippen molar-refractivity contribution in [2.45, 2.75) is 37.1 Å². The van der Waals surface area contributed by atoms with Crippen LogP contribution in [0.15, 0.2) is 21.5 Å². The number of nitrogens with two attached hydrogens (primary N) is 1. The van der Waals surface area contributed by atoms with E-state index in [1.54, 1.807) is 19.1 Å². The van der Waals surface area contributed by atoms with Crippen molar-refractivity contribution in [3.05, 3.63) is 22.2 Å². The highest BCUT2D eigenvalue weighted by atomic mass is 79.9. The smallest absolute Gasteiger partial charge is 0.241 e. The Labute approximate surface area is 133 Å². The van der Waals surface area contributed by atoms with Gasteiger partial charge in [-0.1, -0.05) is 0 Å². The third kappa shape index (κ3) is 2.06.